The predicted molar refractivity (Wildman–Crippen MR) is 86.7 cm³/mol. The van der Waals surface area contributed by atoms with E-state index in [9.17, 15) is 0 Å². The van der Waals surface area contributed by atoms with Crippen molar-refractivity contribution in [2.75, 3.05) is 6.54 Å². The highest BCUT2D eigenvalue weighted by atomic mass is 16.4. The van der Waals surface area contributed by atoms with E-state index in [0.717, 1.165) is 19.5 Å². The molecule has 1 aromatic carbocycles. The lowest BCUT2D eigenvalue weighted by atomic mass is 9.84. The van der Waals surface area contributed by atoms with E-state index >= 15 is 0 Å². The number of benzene rings is 1. The van der Waals surface area contributed by atoms with E-state index in [1.165, 1.54) is 16.7 Å². The summed E-state index contributed by atoms with van der Waals surface area (Å²) in [6.07, 6.45) is 1.08. The van der Waals surface area contributed by atoms with Gasteiger partial charge in [0.25, 0.3) is 0 Å². The molecule has 1 atom stereocenters. The maximum absolute atomic E-state index is 5.60. The molecule has 4 heteroatoms. The van der Waals surface area contributed by atoms with Crippen molar-refractivity contribution in [1.29, 1.82) is 0 Å². The lowest BCUT2D eigenvalue weighted by molar-refractivity contribution is 0.165. The van der Waals surface area contributed by atoms with E-state index in [-0.39, 0.29) is 11.5 Å². The quantitative estimate of drug-likeness (QED) is 0.846. The topological polar surface area (TPSA) is 42.2 Å². The highest BCUT2D eigenvalue weighted by Gasteiger charge is 2.26. The van der Waals surface area contributed by atoms with Gasteiger partial charge in [-0.05, 0) is 35.4 Å². The van der Waals surface area contributed by atoms with Crippen LogP contribution in [0.3, 0.4) is 0 Å². The molecule has 0 spiro atoms. The molecule has 0 fully saturated rings. The molecule has 0 N–H and O–H groups in total. The van der Waals surface area contributed by atoms with E-state index in [4.69, 9.17) is 4.42 Å². The minimum Gasteiger partial charge on any atom is -0.424 e. The van der Waals surface area contributed by atoms with Gasteiger partial charge in [-0.15, -0.1) is 10.2 Å². The van der Waals surface area contributed by atoms with Gasteiger partial charge in [0.15, 0.2) is 0 Å². The molecule has 118 valence electrons. The van der Waals surface area contributed by atoms with Gasteiger partial charge >= 0.3 is 0 Å². The van der Waals surface area contributed by atoms with Crippen LogP contribution >= 0.6 is 0 Å². The average molecular weight is 299 g/mol. The van der Waals surface area contributed by atoms with Crippen molar-refractivity contribution >= 4 is 0 Å². The van der Waals surface area contributed by atoms with E-state index in [1.807, 2.05) is 6.92 Å². The van der Waals surface area contributed by atoms with Gasteiger partial charge in [0.1, 0.15) is 0 Å². The van der Waals surface area contributed by atoms with Crippen molar-refractivity contribution < 1.29 is 4.42 Å². The Balaban J connectivity index is 1.83. The molecule has 0 saturated heterocycles. The van der Waals surface area contributed by atoms with Gasteiger partial charge in [0.05, 0.1) is 6.04 Å². The summed E-state index contributed by atoms with van der Waals surface area (Å²) < 4.78 is 5.60. The third-order valence-electron chi connectivity index (χ3n) is 4.56. The fraction of sp³-hybridized carbons (Fsp3) is 0.556. The van der Waals surface area contributed by atoms with Gasteiger partial charge in [-0.25, -0.2) is 0 Å². The monoisotopic (exact) mass is 299 g/mol. The molecule has 1 aromatic heterocycles. The summed E-state index contributed by atoms with van der Waals surface area (Å²) >= 11 is 0. The minimum atomic E-state index is 0.160. The van der Waals surface area contributed by atoms with Crippen LogP contribution in [0.25, 0.3) is 0 Å². The Morgan fingerprint density at radius 3 is 2.59 bits per heavy atom. The summed E-state index contributed by atoms with van der Waals surface area (Å²) in [7, 11) is 0. The Kier molecular flexibility index (Phi) is 3.81. The molecule has 1 aliphatic rings. The zero-order chi connectivity index (χ0) is 15.9. The van der Waals surface area contributed by atoms with Crippen molar-refractivity contribution in [3.05, 3.63) is 46.7 Å². The molecule has 4 nitrogen and oxygen atoms in total. The summed E-state index contributed by atoms with van der Waals surface area (Å²) in [5.41, 5.74) is 4.49. The number of hydrogen-bond donors (Lipinski definition) is 0. The van der Waals surface area contributed by atoms with Crippen molar-refractivity contribution in [3.63, 3.8) is 0 Å². The van der Waals surface area contributed by atoms with Crippen LogP contribution < -0.4 is 0 Å². The summed E-state index contributed by atoms with van der Waals surface area (Å²) in [6, 6.07) is 7.11. The van der Waals surface area contributed by atoms with E-state index in [1.54, 1.807) is 0 Å². The summed E-state index contributed by atoms with van der Waals surface area (Å²) in [5, 5.41) is 8.13. The van der Waals surface area contributed by atoms with Crippen molar-refractivity contribution in [2.24, 2.45) is 0 Å². The fourth-order valence-corrected chi connectivity index (χ4v) is 3.01. The molecule has 22 heavy (non-hydrogen) atoms. The van der Waals surface area contributed by atoms with Crippen LogP contribution in [0, 0.1) is 6.92 Å². The first-order valence-corrected chi connectivity index (χ1v) is 8.01. The van der Waals surface area contributed by atoms with Crippen LogP contribution in [0.4, 0.5) is 0 Å². The summed E-state index contributed by atoms with van der Waals surface area (Å²) in [6.45, 7) is 12.7. The molecule has 0 bridgehead atoms. The predicted octanol–water partition coefficient (Wildman–Crippen LogP) is 3.79. The molecule has 0 saturated carbocycles. The van der Waals surface area contributed by atoms with E-state index in [0.29, 0.717) is 11.8 Å². The lowest BCUT2D eigenvalue weighted by Gasteiger charge is -2.33. The molecule has 0 radical (unpaired) electrons. The molecule has 3 rings (SSSR count). The molecule has 0 unspecified atom stereocenters. The number of fused-ring (bicyclic) bond motifs is 1. The number of aromatic nitrogens is 2. The van der Waals surface area contributed by atoms with Crippen LogP contribution in [0.1, 0.15) is 62.2 Å². The van der Waals surface area contributed by atoms with Gasteiger partial charge in [0.2, 0.25) is 11.8 Å². The normalized spacial score (nSPS) is 17.3. The Labute approximate surface area is 132 Å². The highest BCUT2D eigenvalue weighted by molar-refractivity contribution is 5.36. The maximum atomic E-state index is 5.60. The maximum Gasteiger partial charge on any atom is 0.233 e. The van der Waals surface area contributed by atoms with Gasteiger partial charge in [-0.2, -0.15) is 0 Å². The molecular formula is C18H25N3O. The number of nitrogens with zero attached hydrogens (tertiary/aromatic N) is 3. The first kappa shape index (κ1) is 15.2. The average Bonchev–Trinajstić information content (AvgIpc) is 2.91. The van der Waals surface area contributed by atoms with Crippen molar-refractivity contribution in [2.45, 2.75) is 59.0 Å². The van der Waals surface area contributed by atoms with Crippen molar-refractivity contribution in [3.8, 4) is 0 Å². The van der Waals surface area contributed by atoms with Crippen LogP contribution in [0.2, 0.25) is 0 Å². The standard InChI is InChI=1S/C18H25N3O/c1-12(17-20-19-13(2)22-17)21-9-8-14-6-7-16(18(3,4)5)10-15(14)11-21/h6-7,10,12H,8-9,11H2,1-5H3/t12-/m1/s1. The minimum absolute atomic E-state index is 0.160. The van der Waals surface area contributed by atoms with Crippen molar-refractivity contribution in [1.82, 2.24) is 15.1 Å². The number of hydrogen-bond acceptors (Lipinski definition) is 4. The van der Waals surface area contributed by atoms with Gasteiger partial charge in [-0.1, -0.05) is 39.0 Å². The largest absolute Gasteiger partial charge is 0.424 e. The summed E-state index contributed by atoms with van der Waals surface area (Å²) in [4.78, 5) is 2.42. The van der Waals surface area contributed by atoms with Gasteiger partial charge < -0.3 is 4.42 Å². The van der Waals surface area contributed by atoms with Crippen LogP contribution in [-0.2, 0) is 18.4 Å². The van der Waals surface area contributed by atoms with Gasteiger partial charge in [-0.3, -0.25) is 4.90 Å². The molecule has 0 amide bonds. The third kappa shape index (κ3) is 2.93. The second kappa shape index (κ2) is 5.51. The number of rotatable bonds is 2. The third-order valence-corrected chi connectivity index (χ3v) is 4.56. The molecule has 0 aliphatic carbocycles. The van der Waals surface area contributed by atoms with Crippen LogP contribution in [-0.4, -0.2) is 21.6 Å². The Hall–Kier alpha value is -1.68. The van der Waals surface area contributed by atoms with Gasteiger partial charge in [0, 0.05) is 20.0 Å². The molecule has 1 aliphatic heterocycles. The van der Waals surface area contributed by atoms with E-state index < -0.39 is 0 Å². The first-order valence-electron chi connectivity index (χ1n) is 8.01. The summed E-state index contributed by atoms with van der Waals surface area (Å²) in [5.74, 6) is 1.35. The fourth-order valence-electron chi connectivity index (χ4n) is 3.01. The molecule has 2 heterocycles. The Bertz CT molecular complexity index is 669. The zero-order valence-corrected chi connectivity index (χ0v) is 14.2. The Morgan fingerprint density at radius 1 is 1.18 bits per heavy atom. The molecule has 2 aromatic rings. The smallest absolute Gasteiger partial charge is 0.233 e. The van der Waals surface area contributed by atoms with Crippen LogP contribution in [0.5, 0.6) is 0 Å². The second-order valence-electron chi connectivity index (χ2n) is 7.29. The first-order chi connectivity index (χ1) is 10.3. The SMILES string of the molecule is Cc1nnc([C@@H](C)N2CCc3ccc(C(C)(C)C)cc3C2)o1. The zero-order valence-electron chi connectivity index (χ0n) is 14.2. The molecular weight excluding hydrogens is 274 g/mol. The number of aryl methyl sites for hydroxylation is 1. The highest BCUT2D eigenvalue weighted by Crippen LogP contribution is 2.30. The Morgan fingerprint density at radius 2 is 1.95 bits per heavy atom. The second-order valence-corrected chi connectivity index (χ2v) is 7.29. The lowest BCUT2D eigenvalue weighted by Crippen LogP contribution is -2.33. The van der Waals surface area contributed by atoms with E-state index in [2.05, 4.69) is 61.0 Å². The van der Waals surface area contributed by atoms with Crippen LogP contribution in [0.15, 0.2) is 22.6 Å².